The molecule has 1 aromatic heterocycles. The van der Waals surface area contributed by atoms with Crippen LogP contribution in [0, 0.1) is 12.8 Å². The normalized spacial score (nSPS) is 18.6. The molecule has 0 radical (unpaired) electrons. The summed E-state index contributed by atoms with van der Waals surface area (Å²) in [5.41, 5.74) is 2.74. The molecular formula is C27H36F3N5O3. The van der Waals surface area contributed by atoms with E-state index in [0.717, 1.165) is 22.5 Å². The number of aliphatic hydroxyl groups is 1. The maximum Gasteiger partial charge on any atom is 0.389 e. The van der Waals surface area contributed by atoms with Gasteiger partial charge in [0, 0.05) is 38.3 Å². The number of morpholine rings is 1. The van der Waals surface area contributed by atoms with Crippen LogP contribution in [-0.2, 0) is 4.74 Å². The fourth-order valence-corrected chi connectivity index (χ4v) is 4.80. The van der Waals surface area contributed by atoms with E-state index in [1.807, 2.05) is 45.0 Å². The predicted molar refractivity (Wildman–Crippen MR) is 142 cm³/mol. The van der Waals surface area contributed by atoms with Crippen molar-refractivity contribution in [3.8, 4) is 11.1 Å². The summed E-state index contributed by atoms with van der Waals surface area (Å²) in [7, 11) is 0. The van der Waals surface area contributed by atoms with Crippen molar-refractivity contribution in [1.29, 1.82) is 0 Å². The first-order chi connectivity index (χ1) is 17.9. The molecular weight excluding hydrogens is 499 g/mol. The van der Waals surface area contributed by atoms with Crippen molar-refractivity contribution in [2.24, 2.45) is 5.92 Å². The number of amides is 2. The first-order valence-corrected chi connectivity index (χ1v) is 12.9. The summed E-state index contributed by atoms with van der Waals surface area (Å²) in [6, 6.07) is 9.07. The molecule has 2 fully saturated rings. The average molecular weight is 536 g/mol. The minimum Gasteiger partial charge on any atom is -0.394 e. The quantitative estimate of drug-likeness (QED) is 0.468. The average Bonchev–Trinajstić information content (AvgIpc) is 3.32. The molecule has 11 heteroatoms. The molecule has 0 aliphatic carbocycles. The number of hydrogen-bond acceptors (Lipinski definition) is 6. The van der Waals surface area contributed by atoms with E-state index in [-0.39, 0.29) is 13.2 Å². The number of halogens is 3. The third-order valence-corrected chi connectivity index (χ3v) is 6.90. The van der Waals surface area contributed by atoms with E-state index in [1.165, 1.54) is 4.90 Å². The Hall–Kier alpha value is -3.05. The van der Waals surface area contributed by atoms with Crippen LogP contribution in [0.3, 0.4) is 0 Å². The summed E-state index contributed by atoms with van der Waals surface area (Å²) >= 11 is 0. The van der Waals surface area contributed by atoms with Crippen LogP contribution in [0.1, 0.15) is 32.3 Å². The lowest BCUT2D eigenvalue weighted by atomic mass is 9.99. The van der Waals surface area contributed by atoms with Gasteiger partial charge in [0.2, 0.25) is 0 Å². The maximum absolute atomic E-state index is 12.8. The van der Waals surface area contributed by atoms with Crippen molar-refractivity contribution in [3.63, 3.8) is 0 Å². The first-order valence-electron chi connectivity index (χ1n) is 12.9. The molecule has 0 saturated carbocycles. The number of carbonyl (C=O) groups is 1. The summed E-state index contributed by atoms with van der Waals surface area (Å²) in [6.07, 6.45) is -4.76. The van der Waals surface area contributed by atoms with Gasteiger partial charge in [-0.3, -0.25) is 0 Å². The van der Waals surface area contributed by atoms with Crippen molar-refractivity contribution in [1.82, 2.24) is 9.88 Å². The molecule has 1 atom stereocenters. The molecule has 2 aliphatic rings. The van der Waals surface area contributed by atoms with Gasteiger partial charge < -0.3 is 30.3 Å². The van der Waals surface area contributed by atoms with Crippen molar-refractivity contribution in [2.75, 3.05) is 61.5 Å². The Balaban J connectivity index is 1.57. The van der Waals surface area contributed by atoms with E-state index in [2.05, 4.69) is 15.5 Å². The maximum atomic E-state index is 12.8. The largest absolute Gasteiger partial charge is 0.394 e. The van der Waals surface area contributed by atoms with Crippen molar-refractivity contribution < 1.29 is 27.8 Å². The molecule has 8 nitrogen and oxygen atoms in total. The van der Waals surface area contributed by atoms with Gasteiger partial charge in [0.15, 0.2) is 0 Å². The van der Waals surface area contributed by atoms with Crippen LogP contribution >= 0.6 is 0 Å². The van der Waals surface area contributed by atoms with E-state index in [1.54, 1.807) is 6.07 Å². The molecule has 2 aromatic rings. The zero-order chi connectivity index (χ0) is 27.5. The topological polar surface area (TPSA) is 90.0 Å². The Bertz CT molecular complexity index is 1140. The lowest BCUT2D eigenvalue weighted by molar-refractivity contribution is -0.143. The number of aryl methyl sites for hydroxylation is 1. The van der Waals surface area contributed by atoms with Crippen LogP contribution in [-0.4, -0.2) is 78.7 Å². The standard InChI is InChI=1S/C27H36F3N5O3/c1-18-4-5-21(31-25(37)35-7-6-19(16-35)15-27(28,29)30)14-22(18)20-12-23(33-26(2,3)17-36)32-24(13-20)34-8-10-38-11-9-34/h4-5,12-14,19,36H,6-11,15-17H2,1-3H3,(H,31,37)(H,32,33)/t19-/m0/s1. The van der Waals surface area contributed by atoms with Gasteiger partial charge >= 0.3 is 12.2 Å². The number of aliphatic hydroxyl groups excluding tert-OH is 1. The summed E-state index contributed by atoms with van der Waals surface area (Å²) in [5.74, 6) is 0.826. The minimum atomic E-state index is -4.23. The molecule has 208 valence electrons. The number of hydrogen-bond donors (Lipinski definition) is 3. The van der Waals surface area contributed by atoms with Gasteiger partial charge in [-0.1, -0.05) is 6.07 Å². The highest BCUT2D eigenvalue weighted by Crippen LogP contribution is 2.33. The summed E-state index contributed by atoms with van der Waals surface area (Å²) in [4.78, 5) is 21.2. The van der Waals surface area contributed by atoms with Crippen LogP contribution < -0.4 is 15.5 Å². The number of urea groups is 1. The van der Waals surface area contributed by atoms with Crippen molar-refractivity contribution >= 4 is 23.4 Å². The van der Waals surface area contributed by atoms with Gasteiger partial charge in [-0.2, -0.15) is 13.2 Å². The molecule has 3 N–H and O–H groups in total. The number of likely N-dealkylation sites (tertiary alicyclic amines) is 1. The molecule has 2 amide bonds. The molecule has 0 unspecified atom stereocenters. The minimum absolute atomic E-state index is 0.0767. The zero-order valence-electron chi connectivity index (χ0n) is 22.1. The molecule has 0 spiro atoms. The molecule has 0 bridgehead atoms. The van der Waals surface area contributed by atoms with Gasteiger partial charge in [-0.05, 0) is 74.1 Å². The van der Waals surface area contributed by atoms with Crippen LogP contribution in [0.4, 0.5) is 35.3 Å². The van der Waals surface area contributed by atoms with Gasteiger partial charge in [-0.15, -0.1) is 0 Å². The van der Waals surface area contributed by atoms with Crippen molar-refractivity contribution in [3.05, 3.63) is 35.9 Å². The van der Waals surface area contributed by atoms with E-state index >= 15 is 0 Å². The number of pyridine rings is 1. The zero-order valence-corrected chi connectivity index (χ0v) is 22.1. The van der Waals surface area contributed by atoms with E-state index in [9.17, 15) is 23.1 Å². The number of anilines is 3. The third kappa shape index (κ3) is 7.28. The molecule has 4 rings (SSSR count). The first kappa shape index (κ1) is 28.0. The number of aromatic nitrogens is 1. The van der Waals surface area contributed by atoms with Crippen LogP contribution in [0.2, 0.25) is 0 Å². The lowest BCUT2D eigenvalue weighted by Crippen LogP contribution is -2.38. The Morgan fingerprint density at radius 3 is 2.58 bits per heavy atom. The summed E-state index contributed by atoms with van der Waals surface area (Å²) < 4.78 is 43.8. The predicted octanol–water partition coefficient (Wildman–Crippen LogP) is 4.88. The second kappa shape index (κ2) is 11.4. The Morgan fingerprint density at radius 2 is 1.89 bits per heavy atom. The monoisotopic (exact) mass is 535 g/mol. The number of nitrogens with one attached hydrogen (secondary N) is 2. The molecule has 1 aromatic carbocycles. The Kier molecular flexibility index (Phi) is 8.37. The Labute approximate surface area is 221 Å². The lowest BCUT2D eigenvalue weighted by Gasteiger charge is -2.30. The van der Waals surface area contributed by atoms with Crippen LogP contribution in [0.15, 0.2) is 30.3 Å². The second-order valence-corrected chi connectivity index (χ2v) is 10.7. The molecule has 38 heavy (non-hydrogen) atoms. The SMILES string of the molecule is Cc1ccc(NC(=O)N2CC[C@@H](CC(F)(F)F)C2)cc1-c1cc(NC(C)(C)CO)nc(N2CCOCC2)c1. The summed E-state index contributed by atoms with van der Waals surface area (Å²) in [6.45, 7) is 8.69. The number of benzene rings is 1. The third-order valence-electron chi connectivity index (χ3n) is 6.90. The van der Waals surface area contributed by atoms with Gasteiger partial charge in [0.25, 0.3) is 0 Å². The van der Waals surface area contributed by atoms with Crippen molar-refractivity contribution in [2.45, 2.75) is 45.3 Å². The molecule has 3 heterocycles. The van der Waals surface area contributed by atoms with Gasteiger partial charge in [0.1, 0.15) is 11.6 Å². The van der Waals surface area contributed by atoms with Gasteiger partial charge in [0.05, 0.1) is 25.4 Å². The Morgan fingerprint density at radius 1 is 1.16 bits per heavy atom. The second-order valence-electron chi connectivity index (χ2n) is 10.7. The highest BCUT2D eigenvalue weighted by Gasteiger charge is 2.36. The highest BCUT2D eigenvalue weighted by molar-refractivity contribution is 5.91. The highest BCUT2D eigenvalue weighted by atomic mass is 19.4. The molecule has 2 saturated heterocycles. The smallest absolute Gasteiger partial charge is 0.389 e. The number of rotatable bonds is 7. The fraction of sp³-hybridized carbons (Fsp3) is 0.556. The van der Waals surface area contributed by atoms with E-state index in [4.69, 9.17) is 9.72 Å². The number of alkyl halides is 3. The summed E-state index contributed by atoms with van der Waals surface area (Å²) in [5, 5.41) is 15.9. The number of carbonyl (C=O) groups excluding carboxylic acids is 1. The van der Waals surface area contributed by atoms with E-state index in [0.29, 0.717) is 50.8 Å². The number of nitrogens with zero attached hydrogens (tertiary/aromatic N) is 3. The fourth-order valence-electron chi connectivity index (χ4n) is 4.80. The van der Waals surface area contributed by atoms with Crippen LogP contribution in [0.25, 0.3) is 11.1 Å². The van der Waals surface area contributed by atoms with E-state index < -0.39 is 30.1 Å². The van der Waals surface area contributed by atoms with Gasteiger partial charge in [-0.25, -0.2) is 9.78 Å². The molecule has 2 aliphatic heterocycles. The van der Waals surface area contributed by atoms with Crippen LogP contribution in [0.5, 0.6) is 0 Å². The number of ether oxygens (including phenoxy) is 1.